The summed E-state index contributed by atoms with van der Waals surface area (Å²) in [6.45, 7) is 3.87. The van der Waals surface area contributed by atoms with Crippen molar-refractivity contribution in [3.8, 4) is 11.6 Å². The summed E-state index contributed by atoms with van der Waals surface area (Å²) in [4.78, 5) is 21.5. The lowest BCUT2D eigenvalue weighted by atomic mass is 10.2. The molecule has 1 amide bonds. The molecule has 134 valence electrons. The van der Waals surface area contributed by atoms with Gasteiger partial charge in [0.05, 0.1) is 17.4 Å². The number of hydrogen-bond donors (Lipinski definition) is 1. The van der Waals surface area contributed by atoms with Gasteiger partial charge in [0, 0.05) is 30.0 Å². The highest BCUT2D eigenvalue weighted by Gasteiger charge is 2.17. The summed E-state index contributed by atoms with van der Waals surface area (Å²) in [6, 6.07) is 13.0. The van der Waals surface area contributed by atoms with Gasteiger partial charge in [0.25, 0.3) is 5.91 Å². The Bertz CT molecular complexity index is 1070. The molecule has 4 aromatic heterocycles. The van der Waals surface area contributed by atoms with Crippen LogP contribution in [0, 0.1) is 13.8 Å². The Morgan fingerprint density at radius 3 is 2.56 bits per heavy atom. The Hall–Kier alpha value is -3.74. The maximum atomic E-state index is 12.8. The van der Waals surface area contributed by atoms with Crippen LogP contribution in [0.4, 0.5) is 5.69 Å². The minimum atomic E-state index is -0.182. The van der Waals surface area contributed by atoms with Gasteiger partial charge in [-0.3, -0.25) is 4.79 Å². The highest BCUT2D eigenvalue weighted by molar-refractivity contribution is 6.05. The largest absolute Gasteiger partial charge is 0.321 e. The fraction of sp³-hybridized carbons (Fsp3) is 0.100. The van der Waals surface area contributed by atoms with Crippen LogP contribution in [0.2, 0.25) is 0 Å². The summed E-state index contributed by atoms with van der Waals surface area (Å²) < 4.78 is 3.63. The van der Waals surface area contributed by atoms with Crippen LogP contribution < -0.4 is 5.32 Å². The molecule has 7 nitrogen and oxygen atoms in total. The van der Waals surface area contributed by atoms with Crippen LogP contribution in [-0.4, -0.2) is 30.2 Å². The molecule has 4 rings (SSSR count). The molecule has 0 bridgehead atoms. The third-order valence-electron chi connectivity index (χ3n) is 4.30. The Morgan fingerprint density at radius 2 is 1.89 bits per heavy atom. The first-order chi connectivity index (χ1) is 13.1. The average molecular weight is 358 g/mol. The Morgan fingerprint density at radius 1 is 1.00 bits per heavy atom. The van der Waals surface area contributed by atoms with Crippen LogP contribution >= 0.6 is 0 Å². The standard InChI is InChI=1S/C20H18N6O/c1-14-12-17(15(2)26(14)19-6-3-4-9-21-19)20(27)24-16-7-8-18(22-13-16)25-11-5-10-23-25/h3-13H,1-2H3,(H,24,27). The zero-order valence-corrected chi connectivity index (χ0v) is 15.0. The summed E-state index contributed by atoms with van der Waals surface area (Å²) in [6.07, 6.45) is 6.86. The summed E-state index contributed by atoms with van der Waals surface area (Å²) in [7, 11) is 0. The SMILES string of the molecule is Cc1cc(C(=O)Nc2ccc(-n3cccn3)nc2)c(C)n1-c1ccccn1. The van der Waals surface area contributed by atoms with E-state index in [0.717, 1.165) is 17.2 Å². The van der Waals surface area contributed by atoms with Crippen molar-refractivity contribution in [3.63, 3.8) is 0 Å². The second-order valence-electron chi connectivity index (χ2n) is 6.12. The van der Waals surface area contributed by atoms with Gasteiger partial charge in [-0.05, 0) is 50.2 Å². The van der Waals surface area contributed by atoms with Crippen molar-refractivity contribution in [2.75, 3.05) is 5.32 Å². The Balaban J connectivity index is 1.57. The first-order valence-corrected chi connectivity index (χ1v) is 8.51. The molecule has 4 heterocycles. The number of carbonyl (C=O) groups excluding carboxylic acids is 1. The van der Waals surface area contributed by atoms with E-state index in [1.807, 2.05) is 54.9 Å². The molecule has 7 heteroatoms. The number of hydrogen-bond acceptors (Lipinski definition) is 4. The van der Waals surface area contributed by atoms with E-state index < -0.39 is 0 Å². The van der Waals surface area contributed by atoms with E-state index in [4.69, 9.17) is 0 Å². The zero-order chi connectivity index (χ0) is 18.8. The minimum Gasteiger partial charge on any atom is -0.321 e. The molecule has 0 spiro atoms. The lowest BCUT2D eigenvalue weighted by Crippen LogP contribution is -2.13. The smallest absolute Gasteiger partial charge is 0.257 e. The normalized spacial score (nSPS) is 10.7. The number of rotatable bonds is 4. The molecule has 0 aliphatic heterocycles. The number of nitrogens with one attached hydrogen (secondary N) is 1. The van der Waals surface area contributed by atoms with E-state index in [-0.39, 0.29) is 5.91 Å². The van der Waals surface area contributed by atoms with E-state index in [9.17, 15) is 4.79 Å². The van der Waals surface area contributed by atoms with Crippen molar-refractivity contribution in [1.82, 2.24) is 24.3 Å². The molecular formula is C20H18N6O. The van der Waals surface area contributed by atoms with Crippen molar-refractivity contribution in [2.24, 2.45) is 0 Å². The van der Waals surface area contributed by atoms with Crippen molar-refractivity contribution < 1.29 is 4.79 Å². The van der Waals surface area contributed by atoms with Crippen LogP contribution in [0.1, 0.15) is 21.7 Å². The molecule has 0 saturated carbocycles. The lowest BCUT2D eigenvalue weighted by molar-refractivity contribution is 0.102. The fourth-order valence-corrected chi connectivity index (χ4v) is 3.03. The summed E-state index contributed by atoms with van der Waals surface area (Å²) in [5.41, 5.74) is 3.01. The third kappa shape index (κ3) is 3.22. The average Bonchev–Trinajstić information content (AvgIpc) is 3.31. The first-order valence-electron chi connectivity index (χ1n) is 8.51. The van der Waals surface area contributed by atoms with Gasteiger partial charge in [-0.15, -0.1) is 0 Å². The van der Waals surface area contributed by atoms with Gasteiger partial charge in [-0.1, -0.05) is 6.07 Å². The van der Waals surface area contributed by atoms with Gasteiger partial charge in [0.2, 0.25) is 0 Å². The van der Waals surface area contributed by atoms with Gasteiger partial charge >= 0.3 is 0 Å². The molecule has 0 fully saturated rings. The molecular weight excluding hydrogens is 340 g/mol. The van der Waals surface area contributed by atoms with Crippen molar-refractivity contribution in [3.05, 3.63) is 84.2 Å². The molecule has 0 atom stereocenters. The van der Waals surface area contributed by atoms with Crippen LogP contribution in [0.3, 0.4) is 0 Å². The van der Waals surface area contributed by atoms with E-state index in [0.29, 0.717) is 17.1 Å². The molecule has 0 radical (unpaired) electrons. The zero-order valence-electron chi connectivity index (χ0n) is 15.0. The highest BCUT2D eigenvalue weighted by atomic mass is 16.1. The maximum Gasteiger partial charge on any atom is 0.257 e. The first kappa shape index (κ1) is 16.7. The second kappa shape index (κ2) is 6.87. The molecule has 0 aliphatic carbocycles. The number of nitrogens with zero attached hydrogens (tertiary/aromatic N) is 5. The summed E-state index contributed by atoms with van der Waals surface area (Å²) >= 11 is 0. The summed E-state index contributed by atoms with van der Waals surface area (Å²) in [5.74, 6) is 1.29. The molecule has 0 aliphatic rings. The minimum absolute atomic E-state index is 0.182. The van der Waals surface area contributed by atoms with E-state index in [1.165, 1.54) is 0 Å². The predicted octanol–water partition coefficient (Wildman–Crippen LogP) is 3.32. The Kier molecular flexibility index (Phi) is 4.25. The quantitative estimate of drug-likeness (QED) is 0.607. The number of carbonyl (C=O) groups is 1. The molecule has 0 saturated heterocycles. The van der Waals surface area contributed by atoms with E-state index in [2.05, 4.69) is 20.4 Å². The molecule has 1 N–H and O–H groups in total. The maximum absolute atomic E-state index is 12.8. The van der Waals surface area contributed by atoms with Crippen molar-refractivity contribution in [2.45, 2.75) is 13.8 Å². The van der Waals surface area contributed by atoms with E-state index in [1.54, 1.807) is 35.4 Å². The van der Waals surface area contributed by atoms with Crippen LogP contribution in [-0.2, 0) is 0 Å². The van der Waals surface area contributed by atoms with Crippen LogP contribution in [0.15, 0.2) is 67.3 Å². The fourth-order valence-electron chi connectivity index (χ4n) is 3.03. The van der Waals surface area contributed by atoms with E-state index >= 15 is 0 Å². The number of amides is 1. The van der Waals surface area contributed by atoms with Gasteiger partial charge in [0.15, 0.2) is 5.82 Å². The highest BCUT2D eigenvalue weighted by Crippen LogP contribution is 2.20. The van der Waals surface area contributed by atoms with Gasteiger partial charge in [-0.25, -0.2) is 14.6 Å². The number of aromatic nitrogens is 5. The third-order valence-corrected chi connectivity index (χ3v) is 4.30. The number of anilines is 1. The van der Waals surface area contributed by atoms with Crippen molar-refractivity contribution in [1.29, 1.82) is 0 Å². The second-order valence-corrected chi connectivity index (χ2v) is 6.12. The van der Waals surface area contributed by atoms with Crippen molar-refractivity contribution >= 4 is 11.6 Å². The molecule has 0 aromatic carbocycles. The Labute approximate surface area is 156 Å². The predicted molar refractivity (Wildman–Crippen MR) is 102 cm³/mol. The molecule has 27 heavy (non-hydrogen) atoms. The number of aryl methyl sites for hydroxylation is 1. The molecule has 4 aromatic rings. The van der Waals surface area contributed by atoms with Gasteiger partial charge in [-0.2, -0.15) is 5.10 Å². The van der Waals surface area contributed by atoms with Crippen LogP contribution in [0.25, 0.3) is 11.6 Å². The van der Waals surface area contributed by atoms with Gasteiger partial charge in [0.1, 0.15) is 5.82 Å². The molecule has 0 unspecified atom stereocenters. The number of pyridine rings is 2. The monoisotopic (exact) mass is 358 g/mol. The summed E-state index contributed by atoms with van der Waals surface area (Å²) in [5, 5.41) is 7.03. The lowest BCUT2D eigenvalue weighted by Gasteiger charge is -2.09. The topological polar surface area (TPSA) is 77.6 Å². The van der Waals surface area contributed by atoms with Gasteiger partial charge < -0.3 is 9.88 Å². The van der Waals surface area contributed by atoms with Crippen LogP contribution in [0.5, 0.6) is 0 Å².